The average molecular weight is 342 g/mol. The first-order valence-electron chi connectivity index (χ1n) is 8.32. The number of hydrogen-bond acceptors (Lipinski definition) is 4. The molecule has 7 nitrogen and oxygen atoms in total. The first kappa shape index (κ1) is 17.2. The van der Waals surface area contributed by atoms with Gasteiger partial charge in [-0.15, -0.1) is 0 Å². The lowest BCUT2D eigenvalue weighted by molar-refractivity contribution is -0.155. The molecule has 2 heterocycles. The fourth-order valence-corrected chi connectivity index (χ4v) is 2.87. The number of aromatic nitrogens is 2. The Morgan fingerprint density at radius 3 is 2.88 bits per heavy atom. The number of rotatable bonds is 6. The van der Waals surface area contributed by atoms with Gasteiger partial charge in [0.05, 0.1) is 13.2 Å². The highest BCUT2D eigenvalue weighted by Crippen LogP contribution is 2.14. The second-order valence-electron chi connectivity index (χ2n) is 6.18. The van der Waals surface area contributed by atoms with Crippen LogP contribution < -0.4 is 5.32 Å². The molecular weight excluding hydrogens is 320 g/mol. The smallest absolute Gasteiger partial charge is 0.249 e. The van der Waals surface area contributed by atoms with Gasteiger partial charge in [0, 0.05) is 25.0 Å². The van der Waals surface area contributed by atoms with E-state index in [0.717, 1.165) is 5.56 Å². The highest BCUT2D eigenvalue weighted by Gasteiger charge is 2.34. The number of nitrogens with one attached hydrogen (secondary N) is 1. The highest BCUT2D eigenvalue weighted by atomic mass is 16.5. The number of amides is 2. The fraction of sp³-hybridized carbons (Fsp3) is 0.389. The van der Waals surface area contributed by atoms with Crippen molar-refractivity contribution in [2.24, 2.45) is 0 Å². The number of carbonyl (C=O) groups excluding carboxylic acids is 2. The van der Waals surface area contributed by atoms with E-state index in [4.69, 9.17) is 4.74 Å². The van der Waals surface area contributed by atoms with E-state index in [0.29, 0.717) is 13.1 Å². The fourth-order valence-electron chi connectivity index (χ4n) is 2.87. The number of nitrogens with zero attached hydrogens (tertiary/aromatic N) is 3. The van der Waals surface area contributed by atoms with E-state index in [9.17, 15) is 9.59 Å². The van der Waals surface area contributed by atoms with E-state index in [1.807, 2.05) is 49.5 Å². The molecule has 0 bridgehead atoms. The van der Waals surface area contributed by atoms with Crippen molar-refractivity contribution in [3.8, 4) is 0 Å². The Kier molecular flexibility index (Phi) is 5.45. The van der Waals surface area contributed by atoms with Crippen molar-refractivity contribution >= 4 is 11.8 Å². The van der Waals surface area contributed by atoms with Crippen LogP contribution in [0.2, 0.25) is 0 Å². The Labute approximate surface area is 146 Å². The standard InChI is InChI=1S/C18H22N4O3/c1-14(10-21-9-5-8-19-21)20-18(24)16-12-25-13-17(23)22(16)11-15-6-3-2-4-7-15/h2-9,14,16H,10-13H2,1H3,(H,20,24)/t14-,16+/m1/s1. The van der Waals surface area contributed by atoms with Gasteiger partial charge in [-0.1, -0.05) is 30.3 Å². The number of morpholine rings is 1. The molecule has 1 aliphatic heterocycles. The molecule has 2 amide bonds. The summed E-state index contributed by atoms with van der Waals surface area (Å²) in [7, 11) is 0. The molecule has 2 atom stereocenters. The summed E-state index contributed by atoms with van der Waals surface area (Å²) >= 11 is 0. The summed E-state index contributed by atoms with van der Waals surface area (Å²) in [6.07, 6.45) is 3.54. The molecular formula is C18H22N4O3. The van der Waals surface area contributed by atoms with E-state index in [2.05, 4.69) is 10.4 Å². The van der Waals surface area contributed by atoms with Crippen LogP contribution in [0.5, 0.6) is 0 Å². The highest BCUT2D eigenvalue weighted by molar-refractivity contribution is 5.89. The molecule has 25 heavy (non-hydrogen) atoms. The Morgan fingerprint density at radius 1 is 1.36 bits per heavy atom. The van der Waals surface area contributed by atoms with E-state index < -0.39 is 6.04 Å². The number of benzene rings is 1. The van der Waals surface area contributed by atoms with Crippen molar-refractivity contribution in [2.75, 3.05) is 13.2 Å². The largest absolute Gasteiger partial charge is 0.369 e. The predicted octanol–water partition coefficient (Wildman–Crippen LogP) is 0.815. The normalized spacial score (nSPS) is 18.8. The third kappa shape index (κ3) is 4.45. The van der Waals surface area contributed by atoms with Crippen molar-refractivity contribution in [3.05, 3.63) is 54.4 Å². The van der Waals surface area contributed by atoms with E-state index in [1.54, 1.807) is 15.8 Å². The van der Waals surface area contributed by atoms with Gasteiger partial charge < -0.3 is 15.0 Å². The van der Waals surface area contributed by atoms with Crippen LogP contribution in [-0.2, 0) is 27.4 Å². The van der Waals surface area contributed by atoms with Crippen molar-refractivity contribution in [1.29, 1.82) is 0 Å². The quantitative estimate of drug-likeness (QED) is 0.843. The van der Waals surface area contributed by atoms with Crippen molar-refractivity contribution in [2.45, 2.75) is 32.1 Å². The first-order chi connectivity index (χ1) is 12.1. The van der Waals surface area contributed by atoms with Gasteiger partial charge in [-0.05, 0) is 18.6 Å². The molecule has 1 aromatic heterocycles. The zero-order valence-electron chi connectivity index (χ0n) is 14.2. The summed E-state index contributed by atoms with van der Waals surface area (Å²) < 4.78 is 7.06. The minimum absolute atomic E-state index is 0.0133. The van der Waals surface area contributed by atoms with Crippen LogP contribution in [0.1, 0.15) is 12.5 Å². The molecule has 1 aliphatic rings. The maximum atomic E-state index is 12.7. The first-order valence-corrected chi connectivity index (χ1v) is 8.32. The zero-order chi connectivity index (χ0) is 17.6. The Balaban J connectivity index is 1.64. The molecule has 1 fully saturated rings. The predicted molar refractivity (Wildman–Crippen MR) is 91.4 cm³/mol. The minimum Gasteiger partial charge on any atom is -0.369 e. The lowest BCUT2D eigenvalue weighted by Crippen LogP contribution is -2.57. The molecule has 1 saturated heterocycles. The van der Waals surface area contributed by atoms with Crippen LogP contribution in [0.25, 0.3) is 0 Å². The van der Waals surface area contributed by atoms with E-state index in [-0.39, 0.29) is 31.1 Å². The van der Waals surface area contributed by atoms with Gasteiger partial charge in [-0.3, -0.25) is 14.3 Å². The lowest BCUT2D eigenvalue weighted by Gasteiger charge is -2.35. The summed E-state index contributed by atoms with van der Waals surface area (Å²) in [5, 5.41) is 7.09. The molecule has 3 rings (SSSR count). The summed E-state index contributed by atoms with van der Waals surface area (Å²) in [6, 6.07) is 10.7. The summed E-state index contributed by atoms with van der Waals surface area (Å²) in [6.45, 7) is 3.10. The molecule has 0 saturated carbocycles. The average Bonchev–Trinajstić information content (AvgIpc) is 3.10. The van der Waals surface area contributed by atoms with Crippen LogP contribution in [0.3, 0.4) is 0 Å². The van der Waals surface area contributed by atoms with Crippen LogP contribution in [-0.4, -0.2) is 51.8 Å². The van der Waals surface area contributed by atoms with Crippen molar-refractivity contribution in [1.82, 2.24) is 20.0 Å². The van der Waals surface area contributed by atoms with E-state index >= 15 is 0 Å². The summed E-state index contributed by atoms with van der Waals surface area (Å²) in [5.74, 6) is -0.376. The SMILES string of the molecule is C[C@H](Cn1cccn1)NC(=O)[C@@H]1COCC(=O)N1Cc1ccccc1. The molecule has 1 aromatic carbocycles. The molecule has 0 unspecified atom stereocenters. The second-order valence-corrected chi connectivity index (χ2v) is 6.18. The van der Waals surface area contributed by atoms with Gasteiger partial charge >= 0.3 is 0 Å². The van der Waals surface area contributed by atoms with E-state index in [1.165, 1.54) is 0 Å². The number of carbonyl (C=O) groups is 2. The minimum atomic E-state index is -0.624. The van der Waals surface area contributed by atoms with Crippen molar-refractivity contribution in [3.63, 3.8) is 0 Å². The van der Waals surface area contributed by atoms with Crippen LogP contribution in [0, 0.1) is 0 Å². The topological polar surface area (TPSA) is 76.5 Å². The summed E-state index contributed by atoms with van der Waals surface area (Å²) in [5.41, 5.74) is 0.986. The van der Waals surface area contributed by atoms with Gasteiger partial charge in [-0.25, -0.2) is 0 Å². The summed E-state index contributed by atoms with van der Waals surface area (Å²) in [4.78, 5) is 26.5. The van der Waals surface area contributed by atoms with Crippen LogP contribution in [0.4, 0.5) is 0 Å². The van der Waals surface area contributed by atoms with Gasteiger partial charge in [0.25, 0.3) is 0 Å². The molecule has 0 spiro atoms. The maximum absolute atomic E-state index is 12.7. The third-order valence-electron chi connectivity index (χ3n) is 4.10. The Bertz CT molecular complexity index is 702. The van der Waals surface area contributed by atoms with Crippen molar-refractivity contribution < 1.29 is 14.3 Å². The monoisotopic (exact) mass is 342 g/mol. The van der Waals surface area contributed by atoms with Crippen LogP contribution >= 0.6 is 0 Å². The number of ether oxygens (including phenoxy) is 1. The molecule has 132 valence electrons. The molecule has 1 N–H and O–H groups in total. The Hall–Kier alpha value is -2.67. The van der Waals surface area contributed by atoms with Gasteiger partial charge in [-0.2, -0.15) is 5.10 Å². The van der Waals surface area contributed by atoms with Gasteiger partial charge in [0.1, 0.15) is 12.6 Å². The second kappa shape index (κ2) is 7.94. The molecule has 2 aromatic rings. The van der Waals surface area contributed by atoms with Gasteiger partial charge in [0.15, 0.2) is 0 Å². The third-order valence-corrected chi connectivity index (χ3v) is 4.10. The lowest BCUT2D eigenvalue weighted by atomic mass is 10.1. The number of hydrogen-bond donors (Lipinski definition) is 1. The maximum Gasteiger partial charge on any atom is 0.249 e. The molecule has 0 aliphatic carbocycles. The Morgan fingerprint density at radius 2 is 2.16 bits per heavy atom. The molecule has 0 radical (unpaired) electrons. The van der Waals surface area contributed by atoms with Crippen LogP contribution in [0.15, 0.2) is 48.8 Å². The zero-order valence-corrected chi connectivity index (χ0v) is 14.2. The molecule has 7 heteroatoms. The van der Waals surface area contributed by atoms with Gasteiger partial charge in [0.2, 0.25) is 11.8 Å².